The summed E-state index contributed by atoms with van der Waals surface area (Å²) in [4.78, 5) is 47.5. The molecule has 68 heavy (non-hydrogen) atoms. The molecule has 0 saturated carbocycles. The Kier molecular flexibility index (Phi) is 15.2. The van der Waals surface area contributed by atoms with E-state index in [1.54, 1.807) is 28.0 Å². The van der Waals surface area contributed by atoms with E-state index in [1.807, 2.05) is 86.2 Å². The van der Waals surface area contributed by atoms with Crippen LogP contribution in [0.1, 0.15) is 70.7 Å². The van der Waals surface area contributed by atoms with Crippen LogP contribution in [0.4, 0.5) is 5.69 Å². The van der Waals surface area contributed by atoms with Crippen LogP contribution < -0.4 is 19.9 Å². The summed E-state index contributed by atoms with van der Waals surface area (Å²) in [7, 11) is 4.32. The van der Waals surface area contributed by atoms with Crippen molar-refractivity contribution in [2.45, 2.75) is 44.4 Å². The molecule has 4 heterocycles. The molecule has 1 aliphatic carbocycles. The van der Waals surface area contributed by atoms with Crippen molar-refractivity contribution in [1.29, 1.82) is 0 Å². The molecule has 3 aromatic rings. The van der Waals surface area contributed by atoms with Crippen molar-refractivity contribution in [3.8, 4) is 34.3 Å². The van der Waals surface area contributed by atoms with Crippen molar-refractivity contribution >= 4 is 67.7 Å². The number of unbranched alkanes of at least 4 members (excludes halogenated alkanes) is 2. The summed E-state index contributed by atoms with van der Waals surface area (Å²) in [5.41, 5.74) is 4.64. The third-order valence-corrected chi connectivity index (χ3v) is 16.2. The molecule has 0 unspecified atom stereocenters. The molecule has 3 aromatic carbocycles. The second-order valence-corrected chi connectivity index (χ2v) is 21.5. The SMILES string of the molecule is CN(C)c1ccc2c(-c3ccc(C(=O)N4CCN(CCCCCS(=O)(=O)N5CC[C@H](C#CC(=O)N6CCC[C@@H](c7ccc(Cl)c(Cl)c7)C6)C5)CC4)cc3C(=O)[O-])c3ccc(=[N+](C)C)cc-3oc2c1. The lowest BCUT2D eigenvalue weighted by molar-refractivity contribution is -0.254. The lowest BCUT2D eigenvalue weighted by atomic mass is 9.89. The highest BCUT2D eigenvalue weighted by atomic mass is 35.5. The summed E-state index contributed by atoms with van der Waals surface area (Å²) in [6.45, 7) is 4.93. The normalized spacial score (nSPS) is 18.1. The van der Waals surface area contributed by atoms with Crippen molar-refractivity contribution < 1.29 is 32.3 Å². The fourth-order valence-electron chi connectivity index (χ4n) is 9.60. The maximum atomic E-state index is 13.9. The first kappa shape index (κ1) is 49.0. The van der Waals surface area contributed by atoms with Gasteiger partial charge in [0.05, 0.1) is 27.8 Å². The van der Waals surface area contributed by atoms with Gasteiger partial charge in [-0.1, -0.05) is 47.7 Å². The number of rotatable bonds is 12. The molecule has 0 bridgehead atoms. The molecule has 0 spiro atoms. The summed E-state index contributed by atoms with van der Waals surface area (Å²) < 4.78 is 36.5. The molecule has 13 nitrogen and oxygen atoms in total. The van der Waals surface area contributed by atoms with Crippen LogP contribution >= 0.6 is 23.2 Å². The van der Waals surface area contributed by atoms with Crippen molar-refractivity contribution in [2.24, 2.45) is 5.92 Å². The number of piperidine rings is 1. The van der Waals surface area contributed by atoms with E-state index in [9.17, 15) is 27.9 Å². The molecule has 0 aromatic heterocycles. The van der Waals surface area contributed by atoms with Crippen LogP contribution in [-0.4, -0.2) is 138 Å². The molecule has 4 aliphatic heterocycles. The lowest BCUT2D eigenvalue weighted by Gasteiger charge is -2.35. The highest BCUT2D eigenvalue weighted by molar-refractivity contribution is 7.89. The smallest absolute Gasteiger partial charge is 0.298 e. The molecule has 8 rings (SSSR count). The van der Waals surface area contributed by atoms with E-state index in [0.717, 1.165) is 59.8 Å². The van der Waals surface area contributed by atoms with E-state index in [-0.39, 0.29) is 40.5 Å². The van der Waals surface area contributed by atoms with Gasteiger partial charge >= 0.3 is 0 Å². The Morgan fingerprint density at radius 1 is 0.824 bits per heavy atom. The number of amides is 2. The molecule has 358 valence electrons. The fraction of sp³-hybridized carbons (Fsp3) is 0.423. The number of carboxylic acids is 1. The summed E-state index contributed by atoms with van der Waals surface area (Å²) in [5.74, 6) is 4.65. The molecular formula is C52H58Cl2N6O7S. The molecule has 2 atom stereocenters. The molecule has 0 N–H and O–H groups in total. The summed E-state index contributed by atoms with van der Waals surface area (Å²) >= 11 is 12.3. The molecule has 0 radical (unpaired) electrons. The molecule has 2 amide bonds. The van der Waals surface area contributed by atoms with Crippen LogP contribution in [0.25, 0.3) is 33.4 Å². The van der Waals surface area contributed by atoms with Crippen molar-refractivity contribution in [2.75, 3.05) is 97.7 Å². The highest BCUT2D eigenvalue weighted by Crippen LogP contribution is 2.42. The fourth-order valence-corrected chi connectivity index (χ4v) is 11.5. The number of aromatic carboxylic acids is 1. The maximum Gasteiger partial charge on any atom is 0.298 e. The van der Waals surface area contributed by atoms with Gasteiger partial charge in [-0.05, 0) is 98.2 Å². The second-order valence-electron chi connectivity index (χ2n) is 18.6. The Bertz CT molecular complexity index is 2950. The first-order valence-corrected chi connectivity index (χ1v) is 25.7. The monoisotopic (exact) mass is 980 g/mol. The molecule has 5 aliphatic rings. The predicted molar refractivity (Wildman–Crippen MR) is 267 cm³/mol. The minimum Gasteiger partial charge on any atom is -0.545 e. The number of carbonyl (C=O) groups excluding carboxylic acids is 3. The van der Waals surface area contributed by atoms with Gasteiger partial charge in [-0.3, -0.25) is 14.5 Å². The van der Waals surface area contributed by atoms with Crippen LogP contribution in [0.15, 0.2) is 77.2 Å². The average molecular weight is 982 g/mol. The van der Waals surface area contributed by atoms with Gasteiger partial charge in [-0.2, -0.15) is 0 Å². The van der Waals surface area contributed by atoms with Gasteiger partial charge in [0.15, 0.2) is 0 Å². The topological polar surface area (TPSA) is 141 Å². The van der Waals surface area contributed by atoms with E-state index in [0.29, 0.717) is 97.7 Å². The van der Waals surface area contributed by atoms with E-state index >= 15 is 0 Å². The Balaban J connectivity index is 0.813. The third kappa shape index (κ3) is 11.0. The quantitative estimate of drug-likeness (QED) is 0.0641. The van der Waals surface area contributed by atoms with Gasteiger partial charge in [0, 0.05) is 124 Å². The number of fused-ring (bicyclic) bond motifs is 2. The highest BCUT2D eigenvalue weighted by Gasteiger charge is 2.31. The minimum atomic E-state index is -3.46. The molecule has 3 saturated heterocycles. The van der Waals surface area contributed by atoms with Gasteiger partial charge in [0.1, 0.15) is 25.4 Å². The third-order valence-electron chi connectivity index (χ3n) is 13.6. The first-order valence-electron chi connectivity index (χ1n) is 23.3. The number of carboxylic acid groups (broad SMARTS) is 1. The van der Waals surface area contributed by atoms with Gasteiger partial charge in [-0.25, -0.2) is 17.3 Å². The van der Waals surface area contributed by atoms with Crippen LogP contribution in [-0.2, 0) is 14.8 Å². The molecule has 16 heteroatoms. The average Bonchev–Trinajstić information content (AvgIpc) is 3.83. The van der Waals surface area contributed by atoms with Crippen molar-refractivity contribution in [1.82, 2.24) is 23.6 Å². The number of carbonyl (C=O) groups is 3. The number of piperazine rings is 1. The Morgan fingerprint density at radius 3 is 2.34 bits per heavy atom. The van der Waals surface area contributed by atoms with E-state index in [2.05, 4.69) is 16.7 Å². The maximum absolute atomic E-state index is 13.9. The summed E-state index contributed by atoms with van der Waals surface area (Å²) in [6, 6.07) is 22.1. The zero-order valence-corrected chi connectivity index (χ0v) is 41.4. The first-order chi connectivity index (χ1) is 32.6. The van der Waals surface area contributed by atoms with Crippen LogP contribution in [0.3, 0.4) is 0 Å². The van der Waals surface area contributed by atoms with E-state index in [1.165, 1.54) is 10.4 Å². The van der Waals surface area contributed by atoms with Crippen molar-refractivity contribution in [3.63, 3.8) is 0 Å². The number of halogens is 2. The molecule has 3 fully saturated rings. The summed E-state index contributed by atoms with van der Waals surface area (Å²) in [6.07, 6.45) is 4.51. The van der Waals surface area contributed by atoms with E-state index < -0.39 is 16.0 Å². The number of sulfonamides is 1. The van der Waals surface area contributed by atoms with Gasteiger partial charge in [0.2, 0.25) is 15.4 Å². The summed E-state index contributed by atoms with van der Waals surface area (Å²) in [5, 5.41) is 15.5. The lowest BCUT2D eigenvalue weighted by Crippen LogP contribution is -2.48. The number of likely N-dealkylation sites (tertiary alicyclic amines) is 1. The largest absolute Gasteiger partial charge is 0.545 e. The van der Waals surface area contributed by atoms with Gasteiger partial charge < -0.3 is 29.0 Å². The van der Waals surface area contributed by atoms with Crippen LogP contribution in [0, 0.1) is 17.8 Å². The van der Waals surface area contributed by atoms with Crippen LogP contribution in [0.5, 0.6) is 0 Å². The predicted octanol–water partition coefficient (Wildman–Crippen LogP) is 5.96. The number of nitrogens with zero attached hydrogens (tertiary/aromatic N) is 6. The number of anilines is 1. The zero-order chi connectivity index (χ0) is 48.3. The number of hydrogen-bond acceptors (Lipinski definition) is 9. The Labute approximate surface area is 408 Å². The molecular weight excluding hydrogens is 924 g/mol. The van der Waals surface area contributed by atoms with E-state index in [4.69, 9.17) is 27.6 Å². The van der Waals surface area contributed by atoms with Gasteiger partial charge in [-0.15, -0.1) is 0 Å². The Morgan fingerprint density at radius 2 is 1.60 bits per heavy atom. The number of benzene rings is 4. The zero-order valence-electron chi connectivity index (χ0n) is 39.1. The standard InChI is InChI=1S/C52H58Cl2N6O7S/c1-55(2)39-13-16-42-47(31-39)67-48-32-40(56(3)4)14-17-43(48)50(42)41-15-11-37(29-44(41)52(63)64)51(62)58-26-24-57(25-27-58)21-6-5-7-28-68(65,66)60-23-20-35(33-60)10-19-49(61)59-22-8-9-38(34-59)36-12-18-45(53)46(54)30-36/h11-18,29-32,35,38H,5-9,20-28,33-34H2,1-4H3/t35-,38+/m0/s1. The minimum absolute atomic E-state index is 0.0612. The number of hydrogen-bond donors (Lipinski definition) is 0. The van der Waals surface area contributed by atoms with Gasteiger partial charge in [0.25, 0.3) is 11.8 Å². The van der Waals surface area contributed by atoms with Crippen LogP contribution in [0.2, 0.25) is 10.0 Å². The van der Waals surface area contributed by atoms with Crippen molar-refractivity contribution in [3.05, 3.63) is 105 Å². The second kappa shape index (κ2) is 21.1. The Hall–Kier alpha value is -5.43.